The van der Waals surface area contributed by atoms with Crippen LogP contribution in [-0.2, 0) is 25.6 Å². The number of aromatic nitrogens is 2. The Morgan fingerprint density at radius 3 is 2.57 bits per heavy atom. The van der Waals surface area contributed by atoms with Gasteiger partial charge in [-0.05, 0) is 40.7 Å². The van der Waals surface area contributed by atoms with Crippen LogP contribution in [0.2, 0.25) is 0 Å². The summed E-state index contributed by atoms with van der Waals surface area (Å²) in [5, 5.41) is 6.60. The number of amides is 1. The Balaban J connectivity index is 2.83. The number of ether oxygens (including phenoxy) is 1. The van der Waals surface area contributed by atoms with Crippen LogP contribution in [0, 0.1) is 0 Å². The molecule has 8 nitrogen and oxygen atoms in total. The van der Waals surface area contributed by atoms with Gasteiger partial charge in [0.1, 0.15) is 5.60 Å². The fraction of sp³-hybridized carbons (Fsp3) is 0.714. The zero-order valence-corrected chi connectivity index (χ0v) is 15.0. The first kappa shape index (κ1) is 19.4. The number of hydrogen-bond donors (Lipinski definition) is 1. The van der Waals surface area contributed by atoms with Crippen LogP contribution in [0.5, 0.6) is 0 Å². The molecule has 1 amide bonds. The third kappa shape index (κ3) is 7.00. The Kier molecular flexibility index (Phi) is 6.57. The maximum atomic E-state index is 12.4. The summed E-state index contributed by atoms with van der Waals surface area (Å²) >= 11 is 0. The number of aromatic amines is 1. The highest BCUT2D eigenvalue weighted by molar-refractivity contribution is 7.86. The molecule has 0 aliphatic heterocycles. The molecule has 0 saturated carbocycles. The van der Waals surface area contributed by atoms with Crippen LogP contribution in [0.3, 0.4) is 0 Å². The van der Waals surface area contributed by atoms with E-state index in [-0.39, 0.29) is 18.9 Å². The molecule has 0 aromatic carbocycles. The smallest absolute Gasteiger partial charge is 0.410 e. The number of carbonyl (C=O) groups is 1. The minimum absolute atomic E-state index is 0.118. The van der Waals surface area contributed by atoms with Crippen molar-refractivity contribution in [2.75, 3.05) is 12.4 Å². The fourth-order valence-corrected chi connectivity index (χ4v) is 2.22. The van der Waals surface area contributed by atoms with Crippen molar-refractivity contribution >= 4 is 16.2 Å². The molecule has 1 rings (SSSR count). The summed E-state index contributed by atoms with van der Waals surface area (Å²) in [6, 6.07) is 1.24. The van der Waals surface area contributed by atoms with E-state index >= 15 is 0 Å². The van der Waals surface area contributed by atoms with Gasteiger partial charge in [-0.25, -0.2) is 4.79 Å². The summed E-state index contributed by atoms with van der Waals surface area (Å²) in [6.45, 7) is 8.57. The van der Waals surface area contributed by atoms with Crippen molar-refractivity contribution in [1.29, 1.82) is 0 Å². The average Bonchev–Trinajstić information content (AvgIpc) is 2.93. The lowest BCUT2D eigenvalue weighted by Gasteiger charge is -2.31. The average molecular weight is 347 g/mol. The molecule has 1 aromatic rings. The molecular weight excluding hydrogens is 322 g/mol. The third-order valence-electron chi connectivity index (χ3n) is 2.90. The Bertz CT molecular complexity index is 592. The fourth-order valence-electron chi connectivity index (χ4n) is 1.65. The van der Waals surface area contributed by atoms with Crippen molar-refractivity contribution in [2.45, 2.75) is 52.8 Å². The number of carbonyl (C=O) groups excluding carboxylic acids is 1. The highest BCUT2D eigenvalue weighted by atomic mass is 32.2. The second kappa shape index (κ2) is 7.78. The summed E-state index contributed by atoms with van der Waals surface area (Å²) in [4.78, 5) is 13.8. The molecule has 132 valence electrons. The minimum atomic E-state index is -3.57. The first-order valence-electron chi connectivity index (χ1n) is 7.39. The molecule has 9 heteroatoms. The summed E-state index contributed by atoms with van der Waals surface area (Å²) in [6.07, 6.45) is 1.03. The molecular formula is C14H25N3O5S. The van der Waals surface area contributed by atoms with Gasteiger partial charge in [0.05, 0.1) is 30.6 Å². The van der Waals surface area contributed by atoms with E-state index in [2.05, 4.69) is 10.2 Å². The molecule has 0 fully saturated rings. The van der Waals surface area contributed by atoms with Crippen molar-refractivity contribution < 1.29 is 22.1 Å². The van der Waals surface area contributed by atoms with Crippen LogP contribution in [0.15, 0.2) is 12.3 Å². The molecule has 0 spiro atoms. The lowest BCUT2D eigenvalue weighted by Crippen LogP contribution is -2.44. The van der Waals surface area contributed by atoms with Crippen LogP contribution in [-0.4, -0.2) is 53.6 Å². The SMILES string of the molecule is CCS(=O)(=O)OCC(C)N(Cc1ccn[nH]1)C(=O)OC(C)(C)C. The molecule has 1 N–H and O–H groups in total. The monoisotopic (exact) mass is 347 g/mol. The Hall–Kier alpha value is -1.61. The van der Waals surface area contributed by atoms with Gasteiger partial charge in [0, 0.05) is 6.20 Å². The molecule has 0 radical (unpaired) electrons. The maximum absolute atomic E-state index is 12.4. The first-order valence-corrected chi connectivity index (χ1v) is 8.97. The van der Waals surface area contributed by atoms with Crippen molar-refractivity contribution in [3.8, 4) is 0 Å². The van der Waals surface area contributed by atoms with Crippen molar-refractivity contribution in [1.82, 2.24) is 15.1 Å². The number of nitrogens with one attached hydrogen (secondary N) is 1. The van der Waals surface area contributed by atoms with Gasteiger partial charge < -0.3 is 4.74 Å². The summed E-state index contributed by atoms with van der Waals surface area (Å²) in [5.74, 6) is -0.118. The van der Waals surface area contributed by atoms with Crippen LogP contribution in [0.25, 0.3) is 0 Å². The number of nitrogens with zero attached hydrogens (tertiary/aromatic N) is 2. The van der Waals surface area contributed by atoms with Gasteiger partial charge in [-0.2, -0.15) is 13.5 Å². The molecule has 23 heavy (non-hydrogen) atoms. The van der Waals surface area contributed by atoms with Gasteiger partial charge in [-0.1, -0.05) is 0 Å². The number of H-pyrrole nitrogens is 1. The molecule has 0 saturated heterocycles. The van der Waals surface area contributed by atoms with Gasteiger partial charge in [0.15, 0.2) is 0 Å². The second-order valence-corrected chi connectivity index (χ2v) is 8.10. The molecule has 0 aliphatic carbocycles. The molecule has 0 aliphatic rings. The third-order valence-corrected chi connectivity index (χ3v) is 4.10. The molecule has 1 atom stereocenters. The normalized spacial score (nSPS) is 13.6. The van der Waals surface area contributed by atoms with E-state index in [4.69, 9.17) is 8.92 Å². The Morgan fingerprint density at radius 1 is 1.43 bits per heavy atom. The first-order chi connectivity index (χ1) is 10.5. The van der Waals surface area contributed by atoms with Crippen molar-refractivity contribution in [2.24, 2.45) is 0 Å². The molecule has 1 heterocycles. The van der Waals surface area contributed by atoms with Gasteiger partial charge >= 0.3 is 6.09 Å². The van der Waals surface area contributed by atoms with Crippen LogP contribution >= 0.6 is 0 Å². The molecule has 0 bridgehead atoms. The van der Waals surface area contributed by atoms with E-state index in [0.29, 0.717) is 5.69 Å². The van der Waals surface area contributed by atoms with Crippen molar-refractivity contribution in [3.05, 3.63) is 18.0 Å². The summed E-state index contributed by atoms with van der Waals surface area (Å²) < 4.78 is 33.2. The zero-order chi connectivity index (χ0) is 17.7. The Morgan fingerprint density at radius 2 is 2.09 bits per heavy atom. The summed E-state index contributed by atoms with van der Waals surface area (Å²) in [7, 11) is -3.57. The standard InChI is InChI=1S/C14H25N3O5S/c1-6-23(19,20)21-10-11(2)17(9-12-7-8-15-16-12)13(18)22-14(3,4)5/h7-8,11H,6,9-10H2,1-5H3,(H,15,16). The molecule has 1 aromatic heterocycles. The van der Waals surface area contributed by atoms with Gasteiger partial charge in [-0.15, -0.1) is 0 Å². The van der Waals surface area contributed by atoms with Crippen molar-refractivity contribution in [3.63, 3.8) is 0 Å². The largest absolute Gasteiger partial charge is 0.444 e. The van der Waals surface area contributed by atoms with E-state index in [1.165, 1.54) is 11.8 Å². The lowest BCUT2D eigenvalue weighted by molar-refractivity contribution is 0.0107. The van der Waals surface area contributed by atoms with E-state index in [0.717, 1.165) is 0 Å². The maximum Gasteiger partial charge on any atom is 0.410 e. The Labute approximate surface area is 137 Å². The topological polar surface area (TPSA) is 102 Å². The van der Waals surface area contributed by atoms with Crippen LogP contribution < -0.4 is 0 Å². The highest BCUT2D eigenvalue weighted by Crippen LogP contribution is 2.15. The van der Waals surface area contributed by atoms with E-state index in [9.17, 15) is 13.2 Å². The van der Waals surface area contributed by atoms with Gasteiger partial charge in [-0.3, -0.25) is 14.2 Å². The van der Waals surface area contributed by atoms with Crippen LogP contribution in [0.4, 0.5) is 4.79 Å². The minimum Gasteiger partial charge on any atom is -0.444 e. The van der Waals surface area contributed by atoms with E-state index < -0.39 is 27.9 Å². The quantitative estimate of drug-likeness (QED) is 0.756. The van der Waals surface area contributed by atoms with Gasteiger partial charge in [0.25, 0.3) is 10.1 Å². The van der Waals surface area contributed by atoms with E-state index in [1.54, 1.807) is 40.0 Å². The predicted molar refractivity (Wildman–Crippen MR) is 85.2 cm³/mol. The molecule has 1 unspecified atom stereocenters. The van der Waals surface area contributed by atoms with Gasteiger partial charge in [0.2, 0.25) is 0 Å². The predicted octanol–water partition coefficient (Wildman–Crippen LogP) is 1.90. The number of hydrogen-bond acceptors (Lipinski definition) is 6. The lowest BCUT2D eigenvalue weighted by atomic mass is 10.2. The second-order valence-electron chi connectivity index (χ2n) is 6.17. The van der Waals surface area contributed by atoms with Crippen LogP contribution in [0.1, 0.15) is 40.3 Å². The highest BCUT2D eigenvalue weighted by Gasteiger charge is 2.27. The zero-order valence-electron chi connectivity index (χ0n) is 14.2. The summed E-state index contributed by atoms with van der Waals surface area (Å²) in [5.41, 5.74) is 0.0559. The van der Waals surface area contributed by atoms with E-state index in [1.807, 2.05) is 0 Å². The number of rotatable bonds is 7.